The first kappa shape index (κ1) is 6.00. The van der Waals surface area contributed by atoms with E-state index in [1.165, 1.54) is 6.20 Å². The second kappa shape index (κ2) is 2.43. The molecule has 0 saturated heterocycles. The average Bonchev–Trinajstić information content (AvgIpc) is 1.90. The molecule has 0 saturated carbocycles. The lowest BCUT2D eigenvalue weighted by Crippen LogP contribution is -2.73. The minimum atomic E-state index is 0.459. The van der Waals surface area contributed by atoms with Crippen LogP contribution in [0.4, 0.5) is 11.5 Å². The van der Waals surface area contributed by atoms with Gasteiger partial charge in [-0.15, -0.1) is 0 Å². The molecule has 1 rings (SSSR count). The summed E-state index contributed by atoms with van der Waals surface area (Å²) in [4.78, 5) is 3.74. The van der Waals surface area contributed by atoms with E-state index in [9.17, 15) is 0 Å². The van der Waals surface area contributed by atoms with Gasteiger partial charge in [0, 0.05) is 6.07 Å². The highest BCUT2D eigenvalue weighted by molar-refractivity contribution is 5.34. The molecule has 1 aromatic heterocycles. The molecule has 4 heteroatoms. The molecule has 0 amide bonds. The van der Waals surface area contributed by atoms with Gasteiger partial charge in [-0.2, -0.15) is 5.48 Å². The van der Waals surface area contributed by atoms with E-state index >= 15 is 0 Å². The third kappa shape index (κ3) is 1.38. The Bertz CT molecular complexity index is 184. The van der Waals surface area contributed by atoms with Crippen molar-refractivity contribution in [2.45, 2.75) is 0 Å². The summed E-state index contributed by atoms with van der Waals surface area (Å²) < 4.78 is 0. The quantitative estimate of drug-likeness (QED) is 0.433. The second-order valence-corrected chi connectivity index (χ2v) is 1.65. The van der Waals surface area contributed by atoms with Gasteiger partial charge in [-0.05, 0) is 6.07 Å². The molecule has 0 fully saturated rings. The second-order valence-electron chi connectivity index (χ2n) is 1.65. The van der Waals surface area contributed by atoms with Crippen molar-refractivity contribution in [2.75, 3.05) is 5.73 Å². The van der Waals surface area contributed by atoms with Gasteiger partial charge < -0.3 is 5.73 Å². The van der Waals surface area contributed by atoms with Gasteiger partial charge in [0.05, 0.1) is 6.20 Å². The normalized spacial score (nSPS) is 9.44. The summed E-state index contributed by atoms with van der Waals surface area (Å²) >= 11 is 0. The van der Waals surface area contributed by atoms with Crippen molar-refractivity contribution in [3.63, 3.8) is 0 Å². The van der Waals surface area contributed by atoms with Crippen LogP contribution >= 0.6 is 0 Å². The Morgan fingerprint density at radius 1 is 1.56 bits per heavy atom. The van der Waals surface area contributed by atoms with Gasteiger partial charge in [0.2, 0.25) is 0 Å². The van der Waals surface area contributed by atoms with E-state index in [1.54, 1.807) is 12.1 Å². The predicted octanol–water partition coefficient (Wildman–Crippen LogP) is -0.752. The minimum absolute atomic E-state index is 0.459. The summed E-state index contributed by atoms with van der Waals surface area (Å²) in [5.74, 6) is 0.459. The van der Waals surface area contributed by atoms with Crippen LogP contribution in [0.1, 0.15) is 0 Å². The van der Waals surface area contributed by atoms with Crippen LogP contribution in [0.25, 0.3) is 0 Å². The largest absolute Gasteiger partial charge is 0.384 e. The number of hydrogen-bond donors (Lipinski definition) is 3. The predicted molar refractivity (Wildman–Crippen MR) is 32.0 cm³/mol. The van der Waals surface area contributed by atoms with E-state index < -0.39 is 0 Å². The standard InChI is InChI=1S/C5H7N3O/c6-5-2-1-4(8-9)3-7-5/h1-3,8-9H,(H2,6,7)/p+1. The first-order valence-electron chi connectivity index (χ1n) is 2.52. The SMILES string of the molecule is Nc1ccc([NH2+]O)cn1. The fourth-order valence-electron chi connectivity index (χ4n) is 0.493. The lowest BCUT2D eigenvalue weighted by Gasteiger charge is -1.90. The average molecular weight is 126 g/mol. The minimum Gasteiger partial charge on any atom is -0.384 e. The van der Waals surface area contributed by atoms with Crippen LogP contribution in [-0.2, 0) is 0 Å². The molecule has 0 atom stereocenters. The fraction of sp³-hybridized carbons (Fsp3) is 0. The number of hydrogen-bond acceptors (Lipinski definition) is 3. The zero-order chi connectivity index (χ0) is 6.69. The number of pyridine rings is 1. The molecule has 5 N–H and O–H groups in total. The van der Waals surface area contributed by atoms with Crippen LogP contribution in [-0.4, -0.2) is 10.2 Å². The molecule has 4 nitrogen and oxygen atoms in total. The van der Waals surface area contributed by atoms with Crippen LogP contribution in [0.5, 0.6) is 0 Å². The number of aromatic nitrogens is 1. The van der Waals surface area contributed by atoms with E-state index in [4.69, 9.17) is 10.9 Å². The zero-order valence-electron chi connectivity index (χ0n) is 4.78. The zero-order valence-corrected chi connectivity index (χ0v) is 4.78. The van der Waals surface area contributed by atoms with Gasteiger partial charge >= 0.3 is 0 Å². The molecule has 48 valence electrons. The number of nitrogen functional groups attached to an aromatic ring is 1. The van der Waals surface area contributed by atoms with E-state index in [0.29, 0.717) is 11.5 Å². The number of anilines is 1. The number of quaternary nitrogens is 1. The van der Waals surface area contributed by atoms with Gasteiger partial charge in [-0.1, -0.05) is 0 Å². The fourth-order valence-corrected chi connectivity index (χ4v) is 0.493. The Morgan fingerprint density at radius 2 is 2.33 bits per heavy atom. The Balaban J connectivity index is 2.88. The molecule has 9 heavy (non-hydrogen) atoms. The third-order valence-electron chi connectivity index (χ3n) is 0.958. The molecule has 0 aliphatic rings. The number of nitrogens with zero attached hydrogens (tertiary/aromatic N) is 1. The molecule has 1 aromatic rings. The summed E-state index contributed by atoms with van der Waals surface area (Å²) in [6, 6.07) is 3.31. The summed E-state index contributed by atoms with van der Waals surface area (Å²) in [7, 11) is 0. The molecular formula is C5H8N3O+. The van der Waals surface area contributed by atoms with Gasteiger partial charge in [-0.3, -0.25) is 0 Å². The third-order valence-corrected chi connectivity index (χ3v) is 0.958. The molecule has 0 spiro atoms. The molecular weight excluding hydrogens is 118 g/mol. The maximum Gasteiger partial charge on any atom is 0.180 e. The van der Waals surface area contributed by atoms with Crippen LogP contribution in [0, 0.1) is 0 Å². The van der Waals surface area contributed by atoms with Crippen molar-refractivity contribution in [3.8, 4) is 0 Å². The van der Waals surface area contributed by atoms with Gasteiger partial charge in [0.15, 0.2) is 5.69 Å². The van der Waals surface area contributed by atoms with Crippen molar-refractivity contribution >= 4 is 11.5 Å². The summed E-state index contributed by atoms with van der Waals surface area (Å²) in [6.45, 7) is 0. The number of rotatable bonds is 1. The maximum absolute atomic E-state index is 8.42. The van der Waals surface area contributed by atoms with Crippen molar-refractivity contribution < 1.29 is 10.7 Å². The Hall–Kier alpha value is -1.13. The monoisotopic (exact) mass is 126 g/mol. The first-order valence-corrected chi connectivity index (χ1v) is 2.52. The molecule has 0 radical (unpaired) electrons. The Labute approximate surface area is 52.3 Å². The number of nitrogens with two attached hydrogens (primary N) is 2. The van der Waals surface area contributed by atoms with Crippen LogP contribution < -0.4 is 11.2 Å². The smallest absolute Gasteiger partial charge is 0.180 e. The topological polar surface area (TPSA) is 75.8 Å². The highest BCUT2D eigenvalue weighted by atomic mass is 16.5. The summed E-state index contributed by atoms with van der Waals surface area (Å²) in [5.41, 5.74) is 6.91. The van der Waals surface area contributed by atoms with Gasteiger partial charge in [0.25, 0.3) is 0 Å². The molecule has 1 heterocycles. The van der Waals surface area contributed by atoms with Crippen molar-refractivity contribution in [1.29, 1.82) is 0 Å². The van der Waals surface area contributed by atoms with Crippen LogP contribution in [0.2, 0.25) is 0 Å². The molecule has 0 unspecified atom stereocenters. The van der Waals surface area contributed by atoms with E-state index in [0.717, 1.165) is 5.48 Å². The highest BCUT2D eigenvalue weighted by Crippen LogP contribution is 1.98. The van der Waals surface area contributed by atoms with E-state index in [2.05, 4.69) is 4.98 Å². The van der Waals surface area contributed by atoms with E-state index in [-0.39, 0.29) is 0 Å². The summed E-state index contributed by atoms with van der Waals surface area (Å²) in [6.07, 6.45) is 1.50. The maximum atomic E-state index is 8.42. The molecule has 0 bridgehead atoms. The van der Waals surface area contributed by atoms with Gasteiger partial charge in [-0.25, -0.2) is 10.2 Å². The Kier molecular flexibility index (Phi) is 1.62. The molecule has 0 aliphatic heterocycles. The molecule has 0 aliphatic carbocycles. The summed E-state index contributed by atoms with van der Waals surface area (Å²) in [5, 5.41) is 8.42. The van der Waals surface area contributed by atoms with E-state index in [1.807, 2.05) is 0 Å². The Morgan fingerprint density at radius 3 is 2.78 bits per heavy atom. The lowest BCUT2D eigenvalue weighted by atomic mass is 10.4. The van der Waals surface area contributed by atoms with Crippen LogP contribution in [0.15, 0.2) is 18.3 Å². The van der Waals surface area contributed by atoms with Crippen molar-refractivity contribution in [3.05, 3.63) is 18.3 Å². The van der Waals surface area contributed by atoms with Crippen LogP contribution in [0.3, 0.4) is 0 Å². The van der Waals surface area contributed by atoms with Gasteiger partial charge in [0.1, 0.15) is 5.82 Å². The highest BCUT2D eigenvalue weighted by Gasteiger charge is 1.91. The molecule has 0 aromatic carbocycles. The lowest BCUT2D eigenvalue weighted by molar-refractivity contribution is -0.825. The first-order chi connectivity index (χ1) is 4.33. The van der Waals surface area contributed by atoms with Crippen molar-refractivity contribution in [1.82, 2.24) is 4.98 Å². The van der Waals surface area contributed by atoms with Crippen molar-refractivity contribution in [2.24, 2.45) is 0 Å².